The van der Waals surface area contributed by atoms with Gasteiger partial charge < -0.3 is 20.1 Å². The lowest BCUT2D eigenvalue weighted by molar-refractivity contribution is -0.116. The van der Waals surface area contributed by atoms with Gasteiger partial charge in [0.25, 0.3) is 0 Å². The van der Waals surface area contributed by atoms with E-state index in [1.807, 2.05) is 18.2 Å². The topological polar surface area (TPSA) is 62.2 Å². The van der Waals surface area contributed by atoms with Crippen molar-refractivity contribution in [3.8, 4) is 5.69 Å². The predicted octanol–water partition coefficient (Wildman–Crippen LogP) is 5.94. The molecule has 0 spiro atoms. The molecule has 1 saturated heterocycles. The maximum Gasteiger partial charge on any atom is 0.226 e. The number of benzene rings is 2. The summed E-state index contributed by atoms with van der Waals surface area (Å²) in [5.41, 5.74) is 6.66. The summed E-state index contributed by atoms with van der Waals surface area (Å²) in [7, 11) is 0. The number of para-hydroxylation sites is 1. The molecule has 0 aliphatic carbocycles. The summed E-state index contributed by atoms with van der Waals surface area (Å²) < 4.78 is 16.3. The summed E-state index contributed by atoms with van der Waals surface area (Å²) in [6.07, 6.45) is 1.93. The minimum absolute atomic E-state index is 0.151. The summed E-state index contributed by atoms with van der Waals surface area (Å²) in [5, 5.41) is 6.68. The van der Waals surface area contributed by atoms with Crippen molar-refractivity contribution >= 4 is 28.9 Å². The molecule has 1 amide bonds. The number of amides is 1. The molecule has 3 heterocycles. The van der Waals surface area contributed by atoms with E-state index >= 15 is 0 Å². The largest absolute Gasteiger partial charge is 0.352 e. The fourth-order valence-electron chi connectivity index (χ4n) is 5.16. The van der Waals surface area contributed by atoms with Crippen molar-refractivity contribution in [3.05, 3.63) is 113 Å². The highest BCUT2D eigenvalue weighted by Crippen LogP contribution is 2.41. The summed E-state index contributed by atoms with van der Waals surface area (Å²) in [6.45, 7) is 6.66. The van der Waals surface area contributed by atoms with Crippen molar-refractivity contribution in [1.82, 2.24) is 19.8 Å². The Balaban J connectivity index is 1.47. The van der Waals surface area contributed by atoms with Crippen LogP contribution < -0.4 is 10.6 Å². The van der Waals surface area contributed by atoms with Crippen molar-refractivity contribution in [2.45, 2.75) is 39.3 Å². The molecule has 38 heavy (non-hydrogen) atoms. The van der Waals surface area contributed by atoms with Crippen LogP contribution in [0.25, 0.3) is 5.69 Å². The molecule has 0 bridgehead atoms. The molecular weight excluding hydrogens is 497 g/mol. The molecule has 0 saturated carbocycles. The molecule has 1 aliphatic rings. The number of aryl methyl sites for hydroxylation is 2. The standard InChI is InChI=1S/C30H30FN5OS/c1-19-11-13-22(14-12-19)36-20(2)18-23(21(36)3)29-28(26-10-6-7-16-32-26)34-30(38)35(29)17-15-27(37)33-25-9-5-4-8-24(25)31/h4-14,16,18,28-29H,15,17H2,1-3H3,(H,33,37)(H,34,38). The number of hydrogen-bond acceptors (Lipinski definition) is 3. The number of aromatic nitrogens is 2. The van der Waals surface area contributed by atoms with Gasteiger partial charge in [0.05, 0.1) is 23.5 Å². The lowest BCUT2D eigenvalue weighted by Crippen LogP contribution is -2.33. The van der Waals surface area contributed by atoms with Crippen LogP contribution in [0.2, 0.25) is 0 Å². The molecular formula is C30H30FN5OS. The van der Waals surface area contributed by atoms with Gasteiger partial charge in [-0.05, 0) is 81.0 Å². The van der Waals surface area contributed by atoms with Crippen LogP contribution in [-0.4, -0.2) is 32.0 Å². The van der Waals surface area contributed by atoms with E-state index in [1.54, 1.807) is 24.4 Å². The number of hydrogen-bond donors (Lipinski definition) is 2. The number of nitrogens with zero attached hydrogens (tertiary/aromatic N) is 3. The molecule has 5 rings (SSSR count). The van der Waals surface area contributed by atoms with Gasteiger partial charge in [-0.1, -0.05) is 35.9 Å². The van der Waals surface area contributed by atoms with E-state index < -0.39 is 5.82 Å². The first-order chi connectivity index (χ1) is 18.3. The minimum atomic E-state index is -0.462. The number of carbonyl (C=O) groups is 1. The lowest BCUT2D eigenvalue weighted by Gasteiger charge is -2.28. The summed E-state index contributed by atoms with van der Waals surface area (Å²) in [5.74, 6) is -0.737. The Bertz CT molecular complexity index is 1470. The SMILES string of the molecule is Cc1ccc(-n2c(C)cc(C3C(c4ccccn4)NC(=S)N3CCC(=O)Nc3ccccc3F)c2C)cc1. The van der Waals surface area contributed by atoms with Crippen molar-refractivity contribution in [2.75, 3.05) is 11.9 Å². The van der Waals surface area contributed by atoms with E-state index in [9.17, 15) is 9.18 Å². The van der Waals surface area contributed by atoms with Crippen molar-refractivity contribution in [2.24, 2.45) is 0 Å². The minimum Gasteiger partial charge on any atom is -0.352 e. The van der Waals surface area contributed by atoms with Crippen molar-refractivity contribution in [3.63, 3.8) is 0 Å². The average Bonchev–Trinajstić information content (AvgIpc) is 3.39. The first-order valence-electron chi connectivity index (χ1n) is 12.6. The van der Waals surface area contributed by atoms with Crippen LogP contribution in [0, 0.1) is 26.6 Å². The Morgan fingerprint density at radius 3 is 2.50 bits per heavy atom. The normalized spacial score (nSPS) is 16.9. The maximum atomic E-state index is 14.1. The van der Waals surface area contributed by atoms with Gasteiger partial charge in [-0.25, -0.2) is 4.39 Å². The van der Waals surface area contributed by atoms with Gasteiger partial charge in [0.2, 0.25) is 5.91 Å². The van der Waals surface area contributed by atoms with Crippen LogP contribution in [-0.2, 0) is 4.79 Å². The molecule has 2 unspecified atom stereocenters. The fraction of sp³-hybridized carbons (Fsp3) is 0.233. The Morgan fingerprint density at radius 2 is 1.79 bits per heavy atom. The molecule has 0 radical (unpaired) electrons. The molecule has 2 aromatic carbocycles. The van der Waals surface area contributed by atoms with Crippen molar-refractivity contribution in [1.29, 1.82) is 0 Å². The number of carbonyl (C=O) groups excluding carboxylic acids is 1. The third-order valence-corrected chi connectivity index (χ3v) is 7.36. The van der Waals surface area contributed by atoms with Gasteiger partial charge >= 0.3 is 0 Å². The number of nitrogens with one attached hydrogen (secondary N) is 2. The van der Waals surface area contributed by atoms with E-state index in [0.29, 0.717) is 11.7 Å². The Kier molecular flexibility index (Phi) is 7.24. The number of halogens is 1. The maximum absolute atomic E-state index is 14.1. The lowest BCUT2D eigenvalue weighted by atomic mass is 9.96. The third-order valence-electron chi connectivity index (χ3n) is 7.01. The summed E-state index contributed by atoms with van der Waals surface area (Å²) >= 11 is 5.78. The second-order valence-electron chi connectivity index (χ2n) is 9.60. The second-order valence-corrected chi connectivity index (χ2v) is 9.98. The molecule has 1 fully saturated rings. The van der Waals surface area contributed by atoms with Gasteiger partial charge in [0, 0.05) is 36.2 Å². The fourth-order valence-corrected chi connectivity index (χ4v) is 5.49. The highest BCUT2D eigenvalue weighted by atomic mass is 32.1. The molecule has 2 atom stereocenters. The quantitative estimate of drug-likeness (QED) is 0.292. The third kappa shape index (κ3) is 5.04. The van der Waals surface area contributed by atoms with Crippen LogP contribution in [0.3, 0.4) is 0 Å². The Hall–Kier alpha value is -4.04. The zero-order chi connectivity index (χ0) is 26.8. The van der Waals surface area contributed by atoms with E-state index in [-0.39, 0.29) is 30.1 Å². The summed E-state index contributed by atoms with van der Waals surface area (Å²) in [4.78, 5) is 19.4. The second kappa shape index (κ2) is 10.8. The molecule has 1 aliphatic heterocycles. The Morgan fingerprint density at radius 1 is 1.05 bits per heavy atom. The summed E-state index contributed by atoms with van der Waals surface area (Å²) in [6, 6.07) is 22.3. The highest BCUT2D eigenvalue weighted by Gasteiger charge is 2.41. The van der Waals surface area contributed by atoms with Crippen LogP contribution >= 0.6 is 12.2 Å². The molecule has 6 nitrogen and oxygen atoms in total. The van der Waals surface area contributed by atoms with Gasteiger partial charge in [-0.2, -0.15) is 0 Å². The number of pyridine rings is 1. The van der Waals surface area contributed by atoms with Crippen LogP contribution in [0.4, 0.5) is 10.1 Å². The smallest absolute Gasteiger partial charge is 0.226 e. The first kappa shape index (κ1) is 25.6. The molecule has 2 N–H and O–H groups in total. The van der Waals surface area contributed by atoms with Crippen LogP contribution in [0.5, 0.6) is 0 Å². The van der Waals surface area contributed by atoms with E-state index in [0.717, 1.165) is 28.3 Å². The Labute approximate surface area is 227 Å². The molecule has 194 valence electrons. The highest BCUT2D eigenvalue weighted by molar-refractivity contribution is 7.80. The average molecular weight is 528 g/mol. The van der Waals surface area contributed by atoms with Gasteiger partial charge in [0.15, 0.2) is 5.11 Å². The zero-order valence-electron chi connectivity index (χ0n) is 21.6. The van der Waals surface area contributed by atoms with Gasteiger partial charge in [-0.15, -0.1) is 0 Å². The predicted molar refractivity (Wildman–Crippen MR) is 152 cm³/mol. The van der Waals surface area contributed by atoms with Gasteiger partial charge in [-0.3, -0.25) is 9.78 Å². The molecule has 4 aromatic rings. The monoisotopic (exact) mass is 527 g/mol. The van der Waals surface area contributed by atoms with Crippen LogP contribution in [0.15, 0.2) is 79.0 Å². The zero-order valence-corrected chi connectivity index (χ0v) is 22.4. The number of anilines is 1. The van der Waals surface area contributed by atoms with Crippen molar-refractivity contribution < 1.29 is 9.18 Å². The molecule has 8 heteroatoms. The number of rotatable bonds is 7. The van der Waals surface area contributed by atoms with E-state index in [4.69, 9.17) is 12.2 Å². The first-order valence-corrected chi connectivity index (χ1v) is 13.0. The van der Waals surface area contributed by atoms with Crippen LogP contribution in [0.1, 0.15) is 46.7 Å². The van der Waals surface area contributed by atoms with E-state index in [2.05, 4.69) is 76.2 Å². The molecule has 2 aromatic heterocycles. The van der Waals surface area contributed by atoms with Gasteiger partial charge in [0.1, 0.15) is 5.82 Å². The van der Waals surface area contributed by atoms with E-state index in [1.165, 1.54) is 11.6 Å². The number of thiocarbonyl (C=S) groups is 1.